The van der Waals surface area contributed by atoms with Crippen LogP contribution in [-0.2, 0) is 19.6 Å². The number of rotatable bonds is 8. The first-order valence-electron chi connectivity index (χ1n) is 9.30. The molecule has 0 aliphatic carbocycles. The van der Waals surface area contributed by atoms with Gasteiger partial charge in [0.15, 0.2) is 0 Å². The maximum absolute atomic E-state index is 12.4. The Hall–Kier alpha value is -3.30. The lowest BCUT2D eigenvalue weighted by Crippen LogP contribution is -2.14. The summed E-state index contributed by atoms with van der Waals surface area (Å²) >= 11 is 1.34. The van der Waals surface area contributed by atoms with Crippen molar-refractivity contribution >= 4 is 50.7 Å². The van der Waals surface area contributed by atoms with E-state index in [0.29, 0.717) is 17.1 Å². The zero-order valence-corrected chi connectivity index (χ0v) is 18.3. The number of carbonyl (C=O) groups excluding carboxylic acids is 2. The number of amides is 2. The molecule has 7 nitrogen and oxygen atoms in total. The van der Waals surface area contributed by atoms with Crippen LogP contribution in [0.3, 0.4) is 0 Å². The smallest absolute Gasteiger partial charge is 0.261 e. The number of hydrogen-bond acceptors (Lipinski definition) is 5. The average Bonchev–Trinajstić information content (AvgIpc) is 2.75. The van der Waals surface area contributed by atoms with Crippen molar-refractivity contribution in [1.82, 2.24) is 0 Å². The van der Waals surface area contributed by atoms with Crippen LogP contribution in [0, 0.1) is 0 Å². The van der Waals surface area contributed by atoms with Gasteiger partial charge >= 0.3 is 0 Å². The summed E-state index contributed by atoms with van der Waals surface area (Å²) in [4.78, 5) is 24.2. The number of benzene rings is 3. The summed E-state index contributed by atoms with van der Waals surface area (Å²) in [6.07, 6.45) is 0. The lowest BCUT2D eigenvalue weighted by molar-refractivity contribution is -0.114. The zero-order chi connectivity index (χ0) is 22.3. The van der Waals surface area contributed by atoms with Gasteiger partial charge in [-0.25, -0.2) is 8.42 Å². The van der Waals surface area contributed by atoms with Crippen molar-refractivity contribution in [2.75, 3.05) is 21.1 Å². The van der Waals surface area contributed by atoms with Crippen molar-refractivity contribution in [2.45, 2.75) is 16.7 Å². The second-order valence-electron chi connectivity index (χ2n) is 6.54. The minimum Gasteiger partial charge on any atom is -0.326 e. The summed E-state index contributed by atoms with van der Waals surface area (Å²) < 4.78 is 27.3. The van der Waals surface area contributed by atoms with Crippen molar-refractivity contribution in [3.05, 3.63) is 78.9 Å². The van der Waals surface area contributed by atoms with Crippen LogP contribution in [0.2, 0.25) is 0 Å². The standard InChI is InChI=1S/C22H21N3O4S2/c1-16(26)23-17-7-9-18(10-8-17)24-22(27)15-30-20-13-11-19(12-14-20)25-31(28,29)21-5-3-2-4-6-21/h2-14,25H,15H2,1H3,(H,23,26)(H,24,27). The number of anilines is 3. The first-order chi connectivity index (χ1) is 14.8. The van der Waals surface area contributed by atoms with Gasteiger partial charge in [0.05, 0.1) is 10.6 Å². The fourth-order valence-electron chi connectivity index (χ4n) is 2.62. The predicted octanol–water partition coefficient (Wildman–Crippen LogP) is 4.18. The van der Waals surface area contributed by atoms with E-state index in [1.807, 2.05) is 0 Å². The molecule has 0 atom stereocenters. The van der Waals surface area contributed by atoms with Gasteiger partial charge in [-0.2, -0.15) is 0 Å². The maximum atomic E-state index is 12.4. The summed E-state index contributed by atoms with van der Waals surface area (Å²) in [7, 11) is -3.64. The molecule has 3 aromatic carbocycles. The molecule has 3 aromatic rings. The van der Waals surface area contributed by atoms with Crippen LogP contribution >= 0.6 is 11.8 Å². The molecule has 0 aromatic heterocycles. The van der Waals surface area contributed by atoms with E-state index in [1.54, 1.807) is 66.7 Å². The molecule has 0 spiro atoms. The number of nitrogens with one attached hydrogen (secondary N) is 3. The normalized spacial score (nSPS) is 10.9. The van der Waals surface area contributed by atoms with Crippen LogP contribution in [0.25, 0.3) is 0 Å². The largest absolute Gasteiger partial charge is 0.326 e. The molecule has 160 valence electrons. The summed E-state index contributed by atoms with van der Waals surface area (Å²) in [5, 5.41) is 5.45. The highest BCUT2D eigenvalue weighted by Gasteiger charge is 2.13. The molecule has 0 fully saturated rings. The van der Waals surface area contributed by atoms with Gasteiger partial charge in [-0.3, -0.25) is 14.3 Å². The Bertz CT molecular complexity index is 1150. The van der Waals surface area contributed by atoms with Gasteiger partial charge in [0.2, 0.25) is 11.8 Å². The number of carbonyl (C=O) groups is 2. The van der Waals surface area contributed by atoms with Gasteiger partial charge in [-0.15, -0.1) is 11.8 Å². The molecule has 0 saturated carbocycles. The van der Waals surface area contributed by atoms with E-state index in [9.17, 15) is 18.0 Å². The number of sulfonamides is 1. The lowest BCUT2D eigenvalue weighted by Gasteiger charge is -2.09. The lowest BCUT2D eigenvalue weighted by atomic mass is 10.3. The monoisotopic (exact) mass is 455 g/mol. The first-order valence-corrected chi connectivity index (χ1v) is 11.8. The van der Waals surface area contributed by atoms with E-state index in [0.717, 1.165) is 4.90 Å². The molecule has 0 aliphatic heterocycles. The summed E-state index contributed by atoms with van der Waals surface area (Å²) in [5.41, 5.74) is 1.73. The quantitative estimate of drug-likeness (QED) is 0.442. The molecule has 3 N–H and O–H groups in total. The molecule has 0 unspecified atom stereocenters. The van der Waals surface area contributed by atoms with Gasteiger partial charge in [0, 0.05) is 28.9 Å². The van der Waals surface area contributed by atoms with E-state index in [1.165, 1.54) is 30.8 Å². The van der Waals surface area contributed by atoms with Crippen LogP contribution in [0.15, 0.2) is 88.7 Å². The Kier molecular flexibility index (Phi) is 7.32. The molecular weight excluding hydrogens is 434 g/mol. The molecule has 0 bridgehead atoms. The van der Waals surface area contributed by atoms with E-state index in [-0.39, 0.29) is 22.5 Å². The summed E-state index contributed by atoms with van der Waals surface area (Å²) in [6, 6.07) is 21.8. The topological polar surface area (TPSA) is 104 Å². The number of thioether (sulfide) groups is 1. The highest BCUT2D eigenvalue weighted by atomic mass is 32.2. The van der Waals surface area contributed by atoms with Crippen molar-refractivity contribution in [3.63, 3.8) is 0 Å². The van der Waals surface area contributed by atoms with Crippen LogP contribution < -0.4 is 15.4 Å². The van der Waals surface area contributed by atoms with Crippen LogP contribution in [-0.4, -0.2) is 26.0 Å². The average molecular weight is 456 g/mol. The van der Waals surface area contributed by atoms with Gasteiger partial charge in [0.1, 0.15) is 0 Å². The minimum atomic E-state index is -3.64. The molecule has 0 saturated heterocycles. The van der Waals surface area contributed by atoms with Gasteiger partial charge in [-0.1, -0.05) is 18.2 Å². The van der Waals surface area contributed by atoms with Crippen LogP contribution in [0.1, 0.15) is 6.92 Å². The Morgan fingerprint density at radius 2 is 1.32 bits per heavy atom. The zero-order valence-electron chi connectivity index (χ0n) is 16.7. The molecule has 31 heavy (non-hydrogen) atoms. The van der Waals surface area contributed by atoms with Crippen molar-refractivity contribution in [1.29, 1.82) is 0 Å². The molecule has 2 amide bonds. The van der Waals surface area contributed by atoms with Crippen molar-refractivity contribution < 1.29 is 18.0 Å². The fourth-order valence-corrected chi connectivity index (χ4v) is 4.40. The first kappa shape index (κ1) is 22.4. The molecule has 0 radical (unpaired) electrons. The molecule has 3 rings (SSSR count). The third kappa shape index (κ3) is 6.87. The molecule has 0 aliphatic rings. The second kappa shape index (κ2) is 10.1. The highest BCUT2D eigenvalue weighted by molar-refractivity contribution is 8.00. The van der Waals surface area contributed by atoms with Crippen molar-refractivity contribution in [3.8, 4) is 0 Å². The second-order valence-corrected chi connectivity index (χ2v) is 9.27. The maximum Gasteiger partial charge on any atom is 0.261 e. The van der Waals surface area contributed by atoms with Crippen molar-refractivity contribution in [2.24, 2.45) is 0 Å². The van der Waals surface area contributed by atoms with Gasteiger partial charge in [-0.05, 0) is 60.7 Å². The Labute approximate surface area is 185 Å². The summed E-state index contributed by atoms with van der Waals surface area (Å²) in [6.45, 7) is 1.43. The molecule has 0 heterocycles. The Balaban J connectivity index is 1.51. The van der Waals surface area contributed by atoms with Crippen LogP contribution in [0.5, 0.6) is 0 Å². The fraction of sp³-hybridized carbons (Fsp3) is 0.0909. The molecular formula is C22H21N3O4S2. The minimum absolute atomic E-state index is 0.160. The van der Waals surface area contributed by atoms with E-state index in [2.05, 4.69) is 15.4 Å². The molecule has 9 heteroatoms. The third-order valence-corrected chi connectivity index (χ3v) is 6.43. The Morgan fingerprint density at radius 1 is 0.774 bits per heavy atom. The Morgan fingerprint density at radius 3 is 1.90 bits per heavy atom. The van der Waals surface area contributed by atoms with E-state index < -0.39 is 10.0 Å². The van der Waals surface area contributed by atoms with E-state index >= 15 is 0 Å². The predicted molar refractivity (Wildman–Crippen MR) is 124 cm³/mol. The number of hydrogen-bond donors (Lipinski definition) is 3. The summed E-state index contributed by atoms with van der Waals surface area (Å²) in [5.74, 6) is -0.138. The third-order valence-electron chi connectivity index (χ3n) is 4.02. The van der Waals surface area contributed by atoms with Gasteiger partial charge in [0.25, 0.3) is 10.0 Å². The van der Waals surface area contributed by atoms with Crippen LogP contribution in [0.4, 0.5) is 17.1 Å². The van der Waals surface area contributed by atoms with Gasteiger partial charge < -0.3 is 10.6 Å². The SMILES string of the molecule is CC(=O)Nc1ccc(NC(=O)CSc2ccc(NS(=O)(=O)c3ccccc3)cc2)cc1. The van der Waals surface area contributed by atoms with E-state index in [4.69, 9.17) is 0 Å². The highest BCUT2D eigenvalue weighted by Crippen LogP contribution is 2.23.